The molecule has 30 heavy (non-hydrogen) atoms. The van der Waals surface area contributed by atoms with E-state index in [0.29, 0.717) is 25.3 Å². The molecule has 4 aromatic heterocycles. The fraction of sp³-hybridized carbons (Fsp3) is 0.333. The van der Waals surface area contributed by atoms with Gasteiger partial charge in [0.25, 0.3) is 0 Å². The minimum absolute atomic E-state index is 0.0229. The summed E-state index contributed by atoms with van der Waals surface area (Å²) in [5, 5.41) is 8.23. The fourth-order valence-corrected chi connectivity index (χ4v) is 4.08. The van der Waals surface area contributed by atoms with Gasteiger partial charge in [-0.2, -0.15) is 0 Å². The van der Waals surface area contributed by atoms with Gasteiger partial charge in [0, 0.05) is 36.0 Å². The van der Waals surface area contributed by atoms with E-state index >= 15 is 0 Å². The van der Waals surface area contributed by atoms with E-state index in [2.05, 4.69) is 36.3 Å². The quantitative estimate of drug-likeness (QED) is 0.467. The highest BCUT2D eigenvalue weighted by atomic mass is 79.9. The Kier molecular flexibility index (Phi) is 5.46. The molecule has 8 nitrogen and oxygen atoms in total. The van der Waals surface area contributed by atoms with Crippen molar-refractivity contribution >= 4 is 38.5 Å². The first-order chi connectivity index (χ1) is 14.4. The highest BCUT2D eigenvalue weighted by molar-refractivity contribution is 9.10. The molecular formula is C21H23BrN6O2. The maximum Gasteiger partial charge on any atom is 0.242 e. The zero-order valence-electron chi connectivity index (χ0n) is 17.4. The van der Waals surface area contributed by atoms with Crippen molar-refractivity contribution in [2.45, 2.75) is 33.2 Å². The first kappa shape index (κ1) is 20.3. The maximum atomic E-state index is 12.5. The molecule has 0 aliphatic rings. The molecule has 4 aromatic rings. The monoisotopic (exact) mass is 470 g/mol. The van der Waals surface area contributed by atoms with Crippen molar-refractivity contribution in [1.82, 2.24) is 29.5 Å². The fourth-order valence-electron chi connectivity index (χ4n) is 3.73. The first-order valence-electron chi connectivity index (χ1n) is 9.64. The lowest BCUT2D eigenvalue weighted by atomic mass is 10.00. The van der Waals surface area contributed by atoms with E-state index < -0.39 is 0 Å². The number of carbonyl (C=O) groups is 1. The van der Waals surface area contributed by atoms with Crippen molar-refractivity contribution < 1.29 is 9.53 Å². The van der Waals surface area contributed by atoms with Crippen LogP contribution in [0.25, 0.3) is 16.7 Å². The Bertz CT molecular complexity index is 1260. The van der Waals surface area contributed by atoms with Crippen molar-refractivity contribution in [2.75, 3.05) is 7.11 Å². The molecule has 0 saturated heterocycles. The molecule has 0 unspecified atom stereocenters. The summed E-state index contributed by atoms with van der Waals surface area (Å²) in [6.45, 7) is 4.39. The number of imidazole rings is 1. The molecule has 9 heteroatoms. The van der Waals surface area contributed by atoms with Crippen LogP contribution >= 0.6 is 15.9 Å². The van der Waals surface area contributed by atoms with Crippen LogP contribution in [0.2, 0.25) is 0 Å². The normalized spacial score (nSPS) is 11.4. The number of aryl methyl sites for hydroxylation is 3. The number of hydrogen-bond acceptors (Lipinski definition) is 5. The third-order valence-electron chi connectivity index (χ3n) is 5.25. The average molecular weight is 471 g/mol. The molecule has 0 bridgehead atoms. The summed E-state index contributed by atoms with van der Waals surface area (Å²) in [5.41, 5.74) is 5.47. The number of ether oxygens (including phenoxy) is 1. The molecule has 0 radical (unpaired) electrons. The molecule has 0 fully saturated rings. The molecule has 4 rings (SSSR count). The number of rotatable bonds is 6. The van der Waals surface area contributed by atoms with E-state index in [4.69, 9.17) is 4.74 Å². The zero-order chi connectivity index (χ0) is 21.4. The highest BCUT2D eigenvalue weighted by Gasteiger charge is 2.18. The Hall–Kier alpha value is -2.94. The van der Waals surface area contributed by atoms with E-state index in [-0.39, 0.29) is 5.91 Å². The van der Waals surface area contributed by atoms with E-state index in [1.54, 1.807) is 11.8 Å². The molecule has 0 atom stereocenters. The van der Waals surface area contributed by atoms with Gasteiger partial charge < -0.3 is 14.5 Å². The van der Waals surface area contributed by atoms with Gasteiger partial charge in [0.05, 0.1) is 24.7 Å². The molecule has 1 amide bonds. The van der Waals surface area contributed by atoms with Gasteiger partial charge in [-0.05, 0) is 59.5 Å². The second-order valence-electron chi connectivity index (χ2n) is 7.25. The van der Waals surface area contributed by atoms with Gasteiger partial charge in [-0.3, -0.25) is 4.79 Å². The molecule has 0 saturated carbocycles. The molecule has 156 valence electrons. The van der Waals surface area contributed by atoms with Crippen LogP contribution in [-0.2, 0) is 24.8 Å². The Labute approximate surface area is 182 Å². The first-order valence-corrected chi connectivity index (χ1v) is 10.4. The minimum atomic E-state index is -0.0229. The van der Waals surface area contributed by atoms with Gasteiger partial charge in [0.15, 0.2) is 5.65 Å². The summed E-state index contributed by atoms with van der Waals surface area (Å²) < 4.78 is 10.0. The number of pyridine rings is 2. The summed E-state index contributed by atoms with van der Waals surface area (Å²) in [6.07, 6.45) is 4.83. The molecule has 1 N–H and O–H groups in total. The number of carbonyl (C=O) groups excluding carboxylic acids is 1. The van der Waals surface area contributed by atoms with Crippen LogP contribution in [0, 0.1) is 13.8 Å². The predicted octanol–water partition coefficient (Wildman–Crippen LogP) is 3.25. The van der Waals surface area contributed by atoms with Crippen LogP contribution in [0.4, 0.5) is 0 Å². The second kappa shape index (κ2) is 8.06. The highest BCUT2D eigenvalue weighted by Crippen LogP contribution is 2.30. The van der Waals surface area contributed by atoms with E-state index in [9.17, 15) is 4.79 Å². The number of nitrogens with zero attached hydrogens (tertiary/aromatic N) is 5. The van der Waals surface area contributed by atoms with Crippen LogP contribution in [0.1, 0.15) is 28.9 Å². The SMILES string of the molecule is COc1nn(C)c2nc(C)c(CCC(=O)NCc3cn4cc(Br)ccc4n3)c(C)c12. The van der Waals surface area contributed by atoms with Crippen molar-refractivity contribution in [1.29, 1.82) is 0 Å². The molecule has 0 aliphatic carbocycles. The van der Waals surface area contributed by atoms with Gasteiger partial charge in [-0.15, -0.1) is 5.10 Å². The number of nitrogens with one attached hydrogen (secondary N) is 1. The topological polar surface area (TPSA) is 86.3 Å². The number of halogens is 1. The second-order valence-corrected chi connectivity index (χ2v) is 8.17. The van der Waals surface area contributed by atoms with Crippen molar-refractivity contribution in [3.8, 4) is 5.88 Å². The summed E-state index contributed by atoms with van der Waals surface area (Å²) >= 11 is 3.45. The van der Waals surface area contributed by atoms with Crippen LogP contribution < -0.4 is 10.1 Å². The Morgan fingerprint density at radius 3 is 2.80 bits per heavy atom. The number of methoxy groups -OCH3 is 1. The average Bonchev–Trinajstić information content (AvgIpc) is 3.26. The molecular weight excluding hydrogens is 448 g/mol. The lowest BCUT2D eigenvalue weighted by molar-refractivity contribution is -0.121. The van der Waals surface area contributed by atoms with Gasteiger partial charge in [0.1, 0.15) is 5.65 Å². The lowest BCUT2D eigenvalue weighted by Crippen LogP contribution is -2.23. The van der Waals surface area contributed by atoms with Crippen molar-refractivity contribution in [3.63, 3.8) is 0 Å². The number of amides is 1. The van der Waals surface area contributed by atoms with Crippen molar-refractivity contribution in [2.24, 2.45) is 7.05 Å². The Balaban J connectivity index is 1.44. The maximum absolute atomic E-state index is 12.5. The smallest absolute Gasteiger partial charge is 0.242 e. The molecule has 4 heterocycles. The predicted molar refractivity (Wildman–Crippen MR) is 118 cm³/mol. The third-order valence-corrected chi connectivity index (χ3v) is 5.72. The largest absolute Gasteiger partial charge is 0.479 e. The van der Waals surface area contributed by atoms with Gasteiger partial charge >= 0.3 is 0 Å². The van der Waals surface area contributed by atoms with E-state index in [1.807, 2.05) is 49.8 Å². The zero-order valence-corrected chi connectivity index (χ0v) is 18.9. The minimum Gasteiger partial charge on any atom is -0.479 e. The molecule has 0 aromatic carbocycles. The van der Waals surface area contributed by atoms with E-state index in [0.717, 1.165) is 43.7 Å². The van der Waals surface area contributed by atoms with Gasteiger partial charge in [0.2, 0.25) is 11.8 Å². The number of hydrogen-bond donors (Lipinski definition) is 1. The number of fused-ring (bicyclic) bond motifs is 2. The van der Waals surface area contributed by atoms with Crippen LogP contribution in [0.5, 0.6) is 5.88 Å². The van der Waals surface area contributed by atoms with Crippen LogP contribution in [0.3, 0.4) is 0 Å². The Morgan fingerprint density at radius 2 is 2.03 bits per heavy atom. The van der Waals surface area contributed by atoms with Gasteiger partial charge in [-0.1, -0.05) is 0 Å². The number of aromatic nitrogens is 5. The van der Waals surface area contributed by atoms with Crippen LogP contribution in [0.15, 0.2) is 29.0 Å². The summed E-state index contributed by atoms with van der Waals surface area (Å²) in [6, 6.07) is 3.87. The third kappa shape index (κ3) is 3.77. The molecule has 0 spiro atoms. The lowest BCUT2D eigenvalue weighted by Gasteiger charge is -2.11. The van der Waals surface area contributed by atoms with E-state index in [1.165, 1.54) is 0 Å². The van der Waals surface area contributed by atoms with Gasteiger partial charge in [-0.25, -0.2) is 14.6 Å². The molecule has 0 aliphatic heterocycles. The van der Waals surface area contributed by atoms with Crippen molar-refractivity contribution in [3.05, 3.63) is 51.5 Å². The Morgan fingerprint density at radius 1 is 1.23 bits per heavy atom. The standard InChI is InChI=1S/C21H23BrN6O2/c1-12-16(13(2)24-20-19(12)21(30-4)26-27(20)3)6-8-18(29)23-9-15-11-28-10-14(22)5-7-17(28)25-15/h5,7,10-11H,6,8-9H2,1-4H3,(H,23,29). The summed E-state index contributed by atoms with van der Waals surface area (Å²) in [4.78, 5) is 21.7. The summed E-state index contributed by atoms with van der Waals surface area (Å²) in [7, 11) is 3.45. The summed E-state index contributed by atoms with van der Waals surface area (Å²) in [5.74, 6) is 0.534. The van der Waals surface area contributed by atoms with Crippen LogP contribution in [-0.4, -0.2) is 37.2 Å².